The molecule has 5 aromatic rings. The van der Waals surface area contributed by atoms with Gasteiger partial charge >= 0.3 is 0 Å². The van der Waals surface area contributed by atoms with E-state index in [0.717, 1.165) is 63.0 Å². The molecule has 6 nitrogen and oxygen atoms in total. The van der Waals surface area contributed by atoms with Crippen LogP contribution in [0.2, 0.25) is 0 Å². The lowest BCUT2D eigenvalue weighted by molar-refractivity contribution is 0.514. The molecule has 43 heavy (non-hydrogen) atoms. The van der Waals surface area contributed by atoms with Gasteiger partial charge in [0.25, 0.3) is 0 Å². The number of rotatable bonds is 4. The molecule has 1 atom stereocenters. The first-order valence-corrected chi connectivity index (χ1v) is 15.3. The Bertz CT molecular complexity index is 1890. The zero-order chi connectivity index (χ0) is 30.7. The quantitative estimate of drug-likeness (QED) is 0.217. The molecule has 0 N–H and O–H groups in total. The van der Waals surface area contributed by atoms with Gasteiger partial charge in [0.05, 0.1) is 22.2 Å². The summed E-state index contributed by atoms with van der Waals surface area (Å²) < 4.78 is 0. The van der Waals surface area contributed by atoms with Crippen molar-refractivity contribution < 1.29 is 0 Å². The van der Waals surface area contributed by atoms with Gasteiger partial charge in [-0.3, -0.25) is 29.9 Å². The molecule has 0 fully saturated rings. The first kappa shape index (κ1) is 29.0. The summed E-state index contributed by atoms with van der Waals surface area (Å²) in [5.74, 6) is 0.309. The highest BCUT2D eigenvalue weighted by Gasteiger charge is 2.31. The van der Waals surface area contributed by atoms with Crippen molar-refractivity contribution in [1.82, 2.24) is 24.9 Å². The Labute approximate surface area is 255 Å². The van der Waals surface area contributed by atoms with Crippen LogP contribution in [0, 0.1) is 5.41 Å². The first-order valence-electron chi connectivity index (χ1n) is 15.3. The van der Waals surface area contributed by atoms with E-state index in [1.165, 1.54) is 16.8 Å². The highest BCUT2D eigenvalue weighted by atomic mass is 14.8. The van der Waals surface area contributed by atoms with Gasteiger partial charge < -0.3 is 0 Å². The van der Waals surface area contributed by atoms with Crippen LogP contribution in [0.4, 0.5) is 0 Å². The molecule has 0 spiro atoms. The van der Waals surface area contributed by atoms with E-state index >= 15 is 0 Å². The summed E-state index contributed by atoms with van der Waals surface area (Å²) in [5.41, 5.74) is 11.5. The van der Waals surface area contributed by atoms with Crippen LogP contribution in [-0.4, -0.2) is 37.2 Å². The zero-order valence-electron chi connectivity index (χ0n) is 26.9. The average Bonchev–Trinajstić information content (AvgIpc) is 2.95. The number of fused-ring (bicyclic) bond motifs is 3. The van der Waals surface area contributed by atoms with Crippen LogP contribution < -0.4 is 0 Å². The maximum atomic E-state index is 5.21. The maximum Gasteiger partial charge on any atom is 0.0924 e. The molecule has 1 aliphatic heterocycles. The van der Waals surface area contributed by atoms with Gasteiger partial charge in [-0.25, -0.2) is 0 Å². The molecule has 6 heteroatoms. The predicted molar refractivity (Wildman–Crippen MR) is 177 cm³/mol. The van der Waals surface area contributed by atoms with Crippen molar-refractivity contribution in [2.24, 2.45) is 10.4 Å². The summed E-state index contributed by atoms with van der Waals surface area (Å²) >= 11 is 0. The number of hydrogen-bond acceptors (Lipinski definition) is 6. The minimum absolute atomic E-state index is 0.00836. The minimum atomic E-state index is -0.223. The summed E-state index contributed by atoms with van der Waals surface area (Å²) in [6.45, 7) is 20.8. The summed E-state index contributed by atoms with van der Waals surface area (Å²) in [7, 11) is 0. The molecule has 6 heterocycles. The molecule has 5 aromatic heterocycles. The van der Waals surface area contributed by atoms with Crippen molar-refractivity contribution in [3.05, 3.63) is 89.4 Å². The zero-order valence-corrected chi connectivity index (χ0v) is 26.9. The second-order valence-corrected chi connectivity index (χ2v) is 14.8. The molecule has 220 valence electrons. The van der Waals surface area contributed by atoms with E-state index < -0.39 is 0 Å². The van der Waals surface area contributed by atoms with Crippen LogP contribution in [-0.2, 0) is 17.3 Å². The number of aliphatic imine (C=N–C) groups is 1. The largest absolute Gasteiger partial charge is 0.288 e. The van der Waals surface area contributed by atoms with Gasteiger partial charge in [-0.1, -0.05) is 62.3 Å². The molecule has 6 rings (SSSR count). The third-order valence-electron chi connectivity index (χ3n) is 8.60. The second kappa shape index (κ2) is 10.3. The summed E-state index contributed by atoms with van der Waals surface area (Å²) in [4.78, 5) is 29.3. The Balaban J connectivity index is 1.33. The molecule has 0 radical (unpaired) electrons. The second-order valence-electron chi connectivity index (χ2n) is 14.8. The van der Waals surface area contributed by atoms with E-state index in [2.05, 4.69) is 103 Å². The topological polar surface area (TPSA) is 76.8 Å². The maximum absolute atomic E-state index is 5.21. The standard InChI is InChI=1S/C37H42N6/c1-22-17-42-34(36(5,6)7)27-11-10-26(43-31(22)27)16-37(8,9)29-21-38-18-25-14-23(19-40-32(25)29)24-15-30-33(41-20-24)28(12-13-39-30)35(2,3)4/h10-15,18-22H,16-17H2,1-9H3. The molecule has 0 amide bonds. The summed E-state index contributed by atoms with van der Waals surface area (Å²) in [6.07, 6.45) is 10.4. The number of pyridine rings is 5. The van der Waals surface area contributed by atoms with E-state index in [0.29, 0.717) is 5.92 Å². The van der Waals surface area contributed by atoms with E-state index in [4.69, 9.17) is 19.9 Å². The van der Waals surface area contributed by atoms with Crippen molar-refractivity contribution in [3.63, 3.8) is 0 Å². The monoisotopic (exact) mass is 570 g/mol. The van der Waals surface area contributed by atoms with Crippen LogP contribution >= 0.6 is 0 Å². The molecule has 0 saturated carbocycles. The third kappa shape index (κ3) is 5.44. The van der Waals surface area contributed by atoms with Gasteiger partial charge in [0.15, 0.2) is 0 Å². The fourth-order valence-corrected chi connectivity index (χ4v) is 6.29. The van der Waals surface area contributed by atoms with Crippen molar-refractivity contribution in [2.75, 3.05) is 6.54 Å². The van der Waals surface area contributed by atoms with E-state index in [9.17, 15) is 0 Å². The van der Waals surface area contributed by atoms with Gasteiger partial charge in [0.2, 0.25) is 0 Å². The molecule has 0 bridgehead atoms. The molecule has 0 saturated heterocycles. The highest BCUT2D eigenvalue weighted by Crippen LogP contribution is 2.36. The van der Waals surface area contributed by atoms with Gasteiger partial charge in [0.1, 0.15) is 0 Å². The fourth-order valence-electron chi connectivity index (χ4n) is 6.29. The molecule has 0 aromatic carbocycles. The SMILES string of the molecule is CC1CN=C(C(C)(C)C)c2ccc(CC(C)(C)c3cncc4cc(-c5cnc6c(C(C)(C)C)ccnc6c5)cnc34)nc21. The van der Waals surface area contributed by atoms with Crippen LogP contribution in [0.25, 0.3) is 33.1 Å². The lowest BCUT2D eigenvalue weighted by Gasteiger charge is -2.30. The Hall–Kier alpha value is -4.06. The molecular weight excluding hydrogens is 528 g/mol. The number of aromatic nitrogens is 5. The van der Waals surface area contributed by atoms with Crippen molar-refractivity contribution in [3.8, 4) is 11.1 Å². The third-order valence-corrected chi connectivity index (χ3v) is 8.60. The van der Waals surface area contributed by atoms with E-state index in [1.54, 1.807) is 0 Å². The van der Waals surface area contributed by atoms with Crippen LogP contribution in [0.1, 0.15) is 96.3 Å². The molecule has 1 aliphatic rings. The van der Waals surface area contributed by atoms with Crippen LogP contribution in [0.15, 0.2) is 66.3 Å². The Morgan fingerprint density at radius 1 is 0.744 bits per heavy atom. The Morgan fingerprint density at radius 3 is 2.19 bits per heavy atom. The van der Waals surface area contributed by atoms with Gasteiger partial charge in [0, 0.05) is 87.9 Å². The van der Waals surface area contributed by atoms with Gasteiger partial charge in [-0.05, 0) is 53.1 Å². The predicted octanol–water partition coefficient (Wildman–Crippen LogP) is 8.41. The summed E-state index contributed by atoms with van der Waals surface area (Å²) in [6, 6.07) is 10.8. The fraction of sp³-hybridized carbons (Fsp3) is 0.405. The summed E-state index contributed by atoms with van der Waals surface area (Å²) in [5, 5.41) is 1.01. The van der Waals surface area contributed by atoms with Crippen molar-refractivity contribution in [2.45, 2.75) is 85.5 Å². The lowest BCUT2D eigenvalue weighted by atomic mass is 9.78. The van der Waals surface area contributed by atoms with E-state index in [-0.39, 0.29) is 16.2 Å². The highest BCUT2D eigenvalue weighted by molar-refractivity contribution is 6.05. The average molecular weight is 571 g/mol. The Morgan fingerprint density at radius 2 is 1.47 bits per heavy atom. The van der Waals surface area contributed by atoms with E-state index in [1.807, 2.05) is 31.0 Å². The molecular formula is C37H42N6. The smallest absolute Gasteiger partial charge is 0.0924 e. The van der Waals surface area contributed by atoms with Gasteiger partial charge in [-0.2, -0.15) is 0 Å². The van der Waals surface area contributed by atoms with Crippen LogP contribution in [0.5, 0.6) is 0 Å². The first-order chi connectivity index (χ1) is 20.2. The van der Waals surface area contributed by atoms with Crippen molar-refractivity contribution in [1.29, 1.82) is 0 Å². The van der Waals surface area contributed by atoms with Crippen molar-refractivity contribution >= 4 is 27.6 Å². The van der Waals surface area contributed by atoms with Crippen LogP contribution in [0.3, 0.4) is 0 Å². The minimum Gasteiger partial charge on any atom is -0.288 e. The van der Waals surface area contributed by atoms with Gasteiger partial charge in [-0.15, -0.1) is 0 Å². The lowest BCUT2D eigenvalue weighted by Crippen LogP contribution is -2.29. The number of nitrogens with zero attached hydrogens (tertiary/aromatic N) is 6. The Kier molecular flexibility index (Phi) is 6.95. The number of hydrogen-bond donors (Lipinski definition) is 0. The molecule has 1 unspecified atom stereocenters. The normalized spacial score (nSPS) is 15.9. The molecule has 0 aliphatic carbocycles.